The average molecular weight is 833 g/mol. The first kappa shape index (κ1) is 36.1. The summed E-state index contributed by atoms with van der Waals surface area (Å²) in [6.07, 6.45) is 4.59. The highest BCUT2D eigenvalue weighted by Gasteiger charge is 2.29. The van der Waals surface area contributed by atoms with Crippen LogP contribution in [0.25, 0.3) is 148 Å². The molecule has 13 aromatic rings. The van der Waals surface area contributed by atoms with E-state index in [2.05, 4.69) is 218 Å². The first-order valence-electron chi connectivity index (χ1n) is 23.4. The van der Waals surface area contributed by atoms with Gasteiger partial charge < -0.3 is 0 Å². The lowest BCUT2D eigenvalue weighted by Gasteiger charge is -2.23. The van der Waals surface area contributed by atoms with Crippen molar-refractivity contribution in [3.05, 3.63) is 223 Å². The van der Waals surface area contributed by atoms with Gasteiger partial charge in [-0.1, -0.05) is 194 Å². The number of hydrogen-bond donors (Lipinski definition) is 0. The van der Waals surface area contributed by atoms with Crippen molar-refractivity contribution in [2.75, 3.05) is 0 Å². The molecule has 0 nitrogen and oxygen atoms in total. The number of fused-ring (bicyclic) bond motifs is 12. The van der Waals surface area contributed by atoms with E-state index in [1.54, 1.807) is 0 Å². The van der Waals surface area contributed by atoms with Crippen LogP contribution in [0.3, 0.4) is 0 Å². The fourth-order valence-corrected chi connectivity index (χ4v) is 12.4. The molecule has 0 spiro atoms. The monoisotopic (exact) mass is 832 g/mol. The Kier molecular flexibility index (Phi) is 7.43. The molecule has 0 fully saturated rings. The molecule has 0 N–H and O–H groups in total. The van der Waals surface area contributed by atoms with Crippen molar-refractivity contribution in [3.63, 3.8) is 0 Å². The van der Waals surface area contributed by atoms with Gasteiger partial charge in [0.15, 0.2) is 0 Å². The maximum Gasteiger partial charge on any atom is -0.000741 e. The Labute approximate surface area is 382 Å². The van der Waals surface area contributed by atoms with Gasteiger partial charge in [0.2, 0.25) is 0 Å². The van der Waals surface area contributed by atoms with Crippen LogP contribution in [0, 0.1) is 0 Å². The minimum atomic E-state index is 1.08. The second-order valence-corrected chi connectivity index (χ2v) is 18.5. The van der Waals surface area contributed by atoms with Gasteiger partial charge >= 0.3 is 0 Å². The topological polar surface area (TPSA) is 0 Å². The summed E-state index contributed by atoms with van der Waals surface area (Å²) in [6, 6.07) is 80.3. The predicted molar refractivity (Wildman–Crippen MR) is 283 cm³/mol. The molecule has 0 aromatic heterocycles. The first-order valence-corrected chi connectivity index (χ1v) is 23.4. The van der Waals surface area contributed by atoms with E-state index < -0.39 is 0 Å². The number of rotatable bonds is 4. The second kappa shape index (κ2) is 13.6. The quantitative estimate of drug-likeness (QED) is 0.122. The Morgan fingerprint density at radius 2 is 0.712 bits per heavy atom. The zero-order chi connectivity index (χ0) is 43.0. The van der Waals surface area contributed by atoms with Crippen molar-refractivity contribution in [1.82, 2.24) is 0 Å². The zero-order valence-corrected chi connectivity index (χ0v) is 36.2. The van der Waals surface area contributed by atoms with Crippen molar-refractivity contribution < 1.29 is 0 Å². The van der Waals surface area contributed by atoms with Crippen molar-refractivity contribution in [3.8, 4) is 66.8 Å². The van der Waals surface area contributed by atoms with E-state index in [0.717, 1.165) is 12.8 Å². The van der Waals surface area contributed by atoms with Crippen LogP contribution in [-0.4, -0.2) is 0 Å². The molecule has 0 radical (unpaired) electrons. The van der Waals surface area contributed by atoms with E-state index in [9.17, 15) is 0 Å². The lowest BCUT2D eigenvalue weighted by molar-refractivity contribution is 1.05. The van der Waals surface area contributed by atoms with E-state index in [1.165, 1.54) is 153 Å². The Hall–Kier alpha value is -8.32. The Morgan fingerprint density at radius 3 is 1.24 bits per heavy atom. The molecule has 304 valence electrons. The second-order valence-electron chi connectivity index (χ2n) is 18.5. The van der Waals surface area contributed by atoms with Gasteiger partial charge in [0, 0.05) is 0 Å². The Bertz CT molecular complexity index is 4080. The van der Waals surface area contributed by atoms with E-state index in [-0.39, 0.29) is 0 Å². The zero-order valence-electron chi connectivity index (χ0n) is 36.2. The van der Waals surface area contributed by atoms with Crippen LogP contribution in [0.2, 0.25) is 0 Å². The van der Waals surface area contributed by atoms with Crippen LogP contribution in [0.1, 0.15) is 12.0 Å². The van der Waals surface area contributed by atoms with Gasteiger partial charge in [0.25, 0.3) is 0 Å². The molecule has 2 aliphatic rings. The molecule has 0 unspecified atom stereocenters. The standard InChI is InChI=1S/C66H40/c1-5-15-39(16-6-1)44-27-29-46-47-30-28-45(40-17-7-2-8-18-40)36-57(47)66-62(43-21-11-4-12-22-43)59-38-55-53-34-32-51-49-26-14-24-41-23-13-25-48(60(41)49)50-31-33-52(64(53)63(50)51)54(55)37-58(59)61(65(66)56(46)35-44)42-19-9-3-10-20-42/h1-13,15-25,27-38H,14,26H2. The summed E-state index contributed by atoms with van der Waals surface area (Å²) < 4.78 is 0. The maximum absolute atomic E-state index is 2.57. The number of hydrogen-bond acceptors (Lipinski definition) is 0. The molecule has 0 saturated heterocycles. The minimum Gasteiger partial charge on any atom is -0.0763 e. The van der Waals surface area contributed by atoms with Gasteiger partial charge in [0.1, 0.15) is 0 Å². The molecule has 0 bridgehead atoms. The number of benzene rings is 13. The molecule has 66 heavy (non-hydrogen) atoms. The highest BCUT2D eigenvalue weighted by atomic mass is 14.3. The van der Waals surface area contributed by atoms with Gasteiger partial charge in [-0.05, 0) is 190 Å². The maximum atomic E-state index is 2.57. The third kappa shape index (κ3) is 4.93. The summed E-state index contributed by atoms with van der Waals surface area (Å²) in [5.41, 5.74) is 16.7. The third-order valence-corrected chi connectivity index (χ3v) is 15.2. The first-order chi connectivity index (χ1) is 32.8. The lowest BCUT2D eigenvalue weighted by Crippen LogP contribution is -2.10. The SMILES string of the molecule is C1=c2cccc3c2c(c2ccc4c5c(ccc3c25)-c2cc3c(-c5ccccc5)c5c6cc(-c7ccccc7)ccc6c6ccc(-c7ccccc7)cc6c5c(-c5ccccc5)c3cc2-4)CC1. The highest BCUT2D eigenvalue weighted by Crippen LogP contribution is 2.56. The molecule has 0 saturated carbocycles. The molecule has 15 rings (SSSR count). The summed E-state index contributed by atoms with van der Waals surface area (Å²) in [4.78, 5) is 0. The van der Waals surface area contributed by atoms with Crippen LogP contribution in [0.4, 0.5) is 0 Å². The summed E-state index contributed by atoms with van der Waals surface area (Å²) >= 11 is 0. The van der Waals surface area contributed by atoms with Gasteiger partial charge in [-0.2, -0.15) is 0 Å². The molecule has 0 atom stereocenters. The van der Waals surface area contributed by atoms with E-state index >= 15 is 0 Å². The normalized spacial score (nSPS) is 12.8. The third-order valence-electron chi connectivity index (χ3n) is 15.2. The van der Waals surface area contributed by atoms with Crippen molar-refractivity contribution in [1.29, 1.82) is 0 Å². The van der Waals surface area contributed by atoms with Crippen molar-refractivity contribution >= 4 is 81.5 Å². The van der Waals surface area contributed by atoms with Crippen molar-refractivity contribution in [2.45, 2.75) is 12.8 Å². The van der Waals surface area contributed by atoms with Gasteiger partial charge in [0.05, 0.1) is 0 Å². The average Bonchev–Trinajstić information content (AvgIpc) is 3.71. The molecular formula is C66H40. The molecular weight excluding hydrogens is 793 g/mol. The Balaban J connectivity index is 1.16. The van der Waals surface area contributed by atoms with Crippen molar-refractivity contribution in [2.24, 2.45) is 0 Å². The predicted octanol–water partition coefficient (Wildman–Crippen LogP) is 17.5. The number of aryl methyl sites for hydroxylation is 1. The molecule has 13 aromatic carbocycles. The van der Waals surface area contributed by atoms with E-state index in [1.807, 2.05) is 0 Å². The summed E-state index contributed by atoms with van der Waals surface area (Å²) in [5.74, 6) is 0. The lowest BCUT2D eigenvalue weighted by atomic mass is 9.79. The molecule has 0 aliphatic heterocycles. The summed E-state index contributed by atoms with van der Waals surface area (Å²) in [7, 11) is 0. The highest BCUT2D eigenvalue weighted by molar-refractivity contribution is 6.39. The Morgan fingerprint density at radius 1 is 0.242 bits per heavy atom. The molecule has 0 heteroatoms. The smallest absolute Gasteiger partial charge is 0.000741 e. The fraction of sp³-hybridized carbons (Fsp3) is 0.0303. The van der Waals surface area contributed by atoms with Crippen LogP contribution in [-0.2, 0) is 6.42 Å². The van der Waals surface area contributed by atoms with E-state index in [0.29, 0.717) is 0 Å². The molecule has 2 aliphatic carbocycles. The van der Waals surface area contributed by atoms with Crippen LogP contribution < -0.4 is 5.22 Å². The van der Waals surface area contributed by atoms with Crippen LogP contribution >= 0.6 is 0 Å². The summed E-state index contributed by atoms with van der Waals surface area (Å²) in [5, 5.41) is 20.0. The molecule has 0 amide bonds. The van der Waals surface area contributed by atoms with Gasteiger partial charge in [-0.15, -0.1) is 0 Å². The van der Waals surface area contributed by atoms with Crippen LogP contribution in [0.15, 0.2) is 212 Å². The van der Waals surface area contributed by atoms with Crippen LogP contribution in [0.5, 0.6) is 0 Å². The van der Waals surface area contributed by atoms with Gasteiger partial charge in [-0.25, -0.2) is 0 Å². The fourth-order valence-electron chi connectivity index (χ4n) is 12.4. The largest absolute Gasteiger partial charge is 0.0763 e. The van der Waals surface area contributed by atoms with Gasteiger partial charge in [-0.3, -0.25) is 0 Å². The molecule has 0 heterocycles. The van der Waals surface area contributed by atoms with E-state index in [4.69, 9.17) is 0 Å². The summed E-state index contributed by atoms with van der Waals surface area (Å²) in [6.45, 7) is 0. The minimum absolute atomic E-state index is 1.08.